The number of halogens is 1. The highest BCUT2D eigenvalue weighted by atomic mass is 35.5. The predicted molar refractivity (Wildman–Crippen MR) is 113 cm³/mol. The number of rotatable bonds is 3. The van der Waals surface area contributed by atoms with E-state index in [1.54, 1.807) is 12.1 Å². The first-order valence-electron chi connectivity index (χ1n) is 8.92. The molecular formula is C22H19ClN2O3. The SMILES string of the molecule is C[C@@H](CN)c1ccc(-c2c(O)cc(Cl)c3[nH]c(=O)c4c(O)cccc4c23)cc1. The van der Waals surface area contributed by atoms with E-state index in [0.717, 1.165) is 11.1 Å². The maximum atomic E-state index is 12.5. The van der Waals surface area contributed by atoms with Crippen molar-refractivity contribution in [2.75, 3.05) is 6.54 Å². The number of phenols is 2. The number of hydrogen-bond acceptors (Lipinski definition) is 4. The Morgan fingerprint density at radius 2 is 1.79 bits per heavy atom. The minimum absolute atomic E-state index is 0.00573. The Morgan fingerprint density at radius 3 is 2.46 bits per heavy atom. The molecule has 0 aliphatic heterocycles. The number of benzene rings is 3. The van der Waals surface area contributed by atoms with Crippen molar-refractivity contribution >= 4 is 33.3 Å². The van der Waals surface area contributed by atoms with Crippen molar-refractivity contribution in [2.24, 2.45) is 5.73 Å². The Bertz CT molecular complexity index is 1260. The third-order valence-corrected chi connectivity index (χ3v) is 5.46. The van der Waals surface area contributed by atoms with Gasteiger partial charge in [0, 0.05) is 22.4 Å². The van der Waals surface area contributed by atoms with Gasteiger partial charge in [0.15, 0.2) is 0 Å². The maximum Gasteiger partial charge on any atom is 0.260 e. The molecule has 0 unspecified atom stereocenters. The number of phenolic OH excluding ortho intramolecular Hbond substituents is 2. The van der Waals surface area contributed by atoms with Crippen molar-refractivity contribution in [3.05, 3.63) is 69.5 Å². The van der Waals surface area contributed by atoms with Crippen LogP contribution in [0.3, 0.4) is 0 Å². The maximum absolute atomic E-state index is 12.5. The van der Waals surface area contributed by atoms with E-state index in [-0.39, 0.29) is 27.8 Å². The Morgan fingerprint density at radius 1 is 1.07 bits per heavy atom. The molecule has 5 nitrogen and oxygen atoms in total. The fraction of sp³-hybridized carbons (Fsp3) is 0.136. The third-order valence-electron chi connectivity index (χ3n) is 5.16. The van der Waals surface area contributed by atoms with Crippen molar-refractivity contribution < 1.29 is 10.2 Å². The van der Waals surface area contributed by atoms with E-state index in [2.05, 4.69) is 4.98 Å². The molecular weight excluding hydrogens is 376 g/mol. The van der Waals surface area contributed by atoms with E-state index in [9.17, 15) is 15.0 Å². The van der Waals surface area contributed by atoms with E-state index in [1.165, 1.54) is 12.1 Å². The molecule has 5 N–H and O–H groups in total. The van der Waals surface area contributed by atoms with Gasteiger partial charge in [-0.05, 0) is 29.7 Å². The van der Waals surface area contributed by atoms with Gasteiger partial charge in [-0.1, -0.05) is 54.9 Å². The van der Waals surface area contributed by atoms with Crippen molar-refractivity contribution in [3.63, 3.8) is 0 Å². The van der Waals surface area contributed by atoms with Crippen LogP contribution in [0.25, 0.3) is 32.8 Å². The lowest BCUT2D eigenvalue weighted by Crippen LogP contribution is -2.08. The zero-order chi connectivity index (χ0) is 20.0. The Hall–Kier alpha value is -3.02. The Kier molecular flexibility index (Phi) is 4.49. The van der Waals surface area contributed by atoms with Gasteiger partial charge in [-0.15, -0.1) is 0 Å². The molecule has 28 heavy (non-hydrogen) atoms. The molecule has 1 atom stereocenters. The predicted octanol–water partition coefficient (Wildman–Crippen LogP) is 4.48. The Balaban J connectivity index is 2.12. The standard InChI is InChI=1S/C22H19ClN2O3/c1-11(10-24)12-5-7-13(8-6-12)18-17(27)9-15(23)21-20(18)14-3-2-4-16(26)19(14)22(28)25-21/h2-9,11,26-27H,10,24H2,1H3,(H,25,28)/t11-/m0/s1. The molecule has 0 aliphatic rings. The summed E-state index contributed by atoms with van der Waals surface area (Å²) in [7, 11) is 0. The summed E-state index contributed by atoms with van der Waals surface area (Å²) in [6.07, 6.45) is 0. The Labute approximate surface area is 166 Å². The van der Waals surface area contributed by atoms with Gasteiger partial charge in [-0.3, -0.25) is 4.79 Å². The summed E-state index contributed by atoms with van der Waals surface area (Å²) in [5, 5.41) is 22.4. The van der Waals surface area contributed by atoms with Crippen LogP contribution in [0.15, 0.2) is 53.3 Å². The number of aromatic nitrogens is 1. The van der Waals surface area contributed by atoms with E-state index in [4.69, 9.17) is 17.3 Å². The van der Waals surface area contributed by atoms with Crippen LogP contribution in [0.1, 0.15) is 18.4 Å². The number of aromatic hydroxyl groups is 2. The molecule has 1 aromatic heterocycles. The van der Waals surface area contributed by atoms with Gasteiger partial charge in [0.1, 0.15) is 11.5 Å². The lowest BCUT2D eigenvalue weighted by atomic mass is 9.93. The molecule has 1 heterocycles. The number of hydrogen-bond donors (Lipinski definition) is 4. The fourth-order valence-corrected chi connectivity index (χ4v) is 3.84. The van der Waals surface area contributed by atoms with Crippen LogP contribution in [-0.2, 0) is 0 Å². The molecule has 0 spiro atoms. The van der Waals surface area contributed by atoms with Gasteiger partial charge in [-0.2, -0.15) is 0 Å². The number of pyridine rings is 1. The van der Waals surface area contributed by atoms with Crippen LogP contribution in [0, 0.1) is 0 Å². The molecule has 0 bridgehead atoms. The van der Waals surface area contributed by atoms with Crippen LogP contribution in [0.5, 0.6) is 11.5 Å². The summed E-state index contributed by atoms with van der Waals surface area (Å²) >= 11 is 6.31. The van der Waals surface area contributed by atoms with E-state index < -0.39 is 5.56 Å². The fourth-order valence-electron chi connectivity index (χ4n) is 3.60. The minimum Gasteiger partial charge on any atom is -0.507 e. The lowest BCUT2D eigenvalue weighted by Gasteiger charge is -2.15. The second kappa shape index (κ2) is 6.86. The highest BCUT2D eigenvalue weighted by molar-refractivity contribution is 6.37. The normalized spacial score (nSPS) is 12.5. The van der Waals surface area contributed by atoms with Crippen LogP contribution in [0.2, 0.25) is 5.02 Å². The molecule has 0 amide bonds. The van der Waals surface area contributed by atoms with E-state index in [0.29, 0.717) is 28.4 Å². The highest BCUT2D eigenvalue weighted by Crippen LogP contribution is 2.43. The van der Waals surface area contributed by atoms with E-state index in [1.807, 2.05) is 31.2 Å². The zero-order valence-corrected chi connectivity index (χ0v) is 15.9. The average molecular weight is 395 g/mol. The van der Waals surface area contributed by atoms with Gasteiger partial charge in [0.25, 0.3) is 5.56 Å². The molecule has 0 saturated heterocycles. The smallest absolute Gasteiger partial charge is 0.260 e. The summed E-state index contributed by atoms with van der Waals surface area (Å²) in [6.45, 7) is 2.59. The number of nitrogens with one attached hydrogen (secondary N) is 1. The number of aromatic amines is 1. The second-order valence-corrected chi connectivity index (χ2v) is 7.32. The van der Waals surface area contributed by atoms with Crippen LogP contribution >= 0.6 is 11.6 Å². The molecule has 0 fully saturated rings. The monoisotopic (exact) mass is 394 g/mol. The van der Waals surface area contributed by atoms with E-state index >= 15 is 0 Å². The molecule has 142 valence electrons. The number of nitrogens with two attached hydrogens (primary N) is 1. The number of fused-ring (bicyclic) bond motifs is 3. The quantitative estimate of drug-likeness (QED) is 0.385. The molecule has 0 saturated carbocycles. The van der Waals surface area contributed by atoms with Crippen LogP contribution in [0.4, 0.5) is 0 Å². The first-order chi connectivity index (χ1) is 13.4. The van der Waals surface area contributed by atoms with Gasteiger partial charge in [0.05, 0.1) is 15.9 Å². The van der Waals surface area contributed by atoms with Crippen LogP contribution < -0.4 is 11.3 Å². The molecule has 3 aromatic carbocycles. The molecule has 4 rings (SSSR count). The third kappa shape index (κ3) is 2.80. The highest BCUT2D eigenvalue weighted by Gasteiger charge is 2.19. The molecule has 4 aromatic rings. The van der Waals surface area contributed by atoms with Crippen molar-refractivity contribution in [1.82, 2.24) is 4.98 Å². The van der Waals surface area contributed by atoms with Gasteiger partial charge >= 0.3 is 0 Å². The van der Waals surface area contributed by atoms with Crippen LogP contribution in [-0.4, -0.2) is 21.7 Å². The lowest BCUT2D eigenvalue weighted by molar-refractivity contribution is 0.478. The first kappa shape index (κ1) is 18.3. The summed E-state index contributed by atoms with van der Waals surface area (Å²) in [5.41, 5.74) is 8.13. The average Bonchev–Trinajstić information content (AvgIpc) is 2.68. The van der Waals surface area contributed by atoms with Crippen molar-refractivity contribution in [2.45, 2.75) is 12.8 Å². The summed E-state index contributed by atoms with van der Waals surface area (Å²) in [4.78, 5) is 15.2. The second-order valence-electron chi connectivity index (χ2n) is 6.92. The summed E-state index contributed by atoms with van der Waals surface area (Å²) in [5.74, 6) is 0.0886. The first-order valence-corrected chi connectivity index (χ1v) is 9.29. The largest absolute Gasteiger partial charge is 0.507 e. The van der Waals surface area contributed by atoms with Crippen molar-refractivity contribution in [1.29, 1.82) is 0 Å². The molecule has 0 radical (unpaired) electrons. The zero-order valence-electron chi connectivity index (χ0n) is 15.2. The topological polar surface area (TPSA) is 99.3 Å². The molecule has 0 aliphatic carbocycles. The van der Waals surface area contributed by atoms with Gasteiger partial charge in [-0.25, -0.2) is 0 Å². The van der Waals surface area contributed by atoms with Gasteiger partial charge in [0.2, 0.25) is 0 Å². The summed E-state index contributed by atoms with van der Waals surface area (Å²) in [6, 6.07) is 14.0. The van der Waals surface area contributed by atoms with Gasteiger partial charge < -0.3 is 20.9 Å². The summed E-state index contributed by atoms with van der Waals surface area (Å²) < 4.78 is 0. The molecule has 6 heteroatoms. The minimum atomic E-state index is -0.439. The number of H-pyrrole nitrogens is 1. The van der Waals surface area contributed by atoms with Crippen molar-refractivity contribution in [3.8, 4) is 22.6 Å².